The molecule has 1 N–H and O–H groups in total. The molecule has 0 aliphatic carbocycles. The van der Waals surface area contributed by atoms with Crippen LogP contribution in [0.3, 0.4) is 0 Å². The van der Waals surface area contributed by atoms with Gasteiger partial charge in [0.05, 0.1) is 12.0 Å². The minimum atomic E-state index is -0.447. The summed E-state index contributed by atoms with van der Waals surface area (Å²) in [5.74, 6) is -1.05. The lowest BCUT2D eigenvalue weighted by atomic mass is 9.81. The van der Waals surface area contributed by atoms with E-state index in [1.807, 2.05) is 30.3 Å². The molecule has 0 bridgehead atoms. The first-order valence-electron chi connectivity index (χ1n) is 6.05. The third-order valence-corrected chi connectivity index (χ3v) is 3.92. The van der Waals surface area contributed by atoms with Crippen LogP contribution in [0.2, 0.25) is 0 Å². The Morgan fingerprint density at radius 3 is 2.53 bits per heavy atom. The molecule has 0 aliphatic rings. The van der Waals surface area contributed by atoms with Gasteiger partial charge in [0.15, 0.2) is 0 Å². The van der Waals surface area contributed by atoms with Crippen molar-refractivity contribution >= 4 is 11.3 Å². The van der Waals surface area contributed by atoms with Crippen molar-refractivity contribution in [2.75, 3.05) is 6.61 Å². The lowest BCUT2D eigenvalue weighted by molar-refractivity contribution is 0.271. The molecule has 0 saturated heterocycles. The summed E-state index contributed by atoms with van der Waals surface area (Å²) < 4.78 is 13.8. The van der Waals surface area contributed by atoms with Crippen LogP contribution in [-0.2, 0) is 0 Å². The van der Waals surface area contributed by atoms with Crippen molar-refractivity contribution in [1.82, 2.24) is 0 Å². The number of aliphatic hydroxyl groups excluding tert-OH is 1. The maximum absolute atomic E-state index is 13.8. The summed E-state index contributed by atoms with van der Waals surface area (Å²) in [5, 5.41) is 21.8. The minimum absolute atomic E-state index is 0.0645. The Morgan fingerprint density at radius 1 is 1.26 bits per heavy atom. The molecule has 1 aromatic heterocycles. The highest BCUT2D eigenvalue weighted by Crippen LogP contribution is 2.37. The second-order valence-corrected chi connectivity index (χ2v) is 5.05. The van der Waals surface area contributed by atoms with Crippen molar-refractivity contribution in [2.24, 2.45) is 0 Å². The van der Waals surface area contributed by atoms with E-state index in [4.69, 9.17) is 0 Å². The van der Waals surface area contributed by atoms with Crippen molar-refractivity contribution in [3.8, 4) is 6.07 Å². The van der Waals surface area contributed by atoms with Crippen LogP contribution < -0.4 is 0 Å². The van der Waals surface area contributed by atoms with E-state index in [2.05, 4.69) is 6.07 Å². The van der Waals surface area contributed by atoms with Crippen LogP contribution in [0.5, 0.6) is 0 Å². The van der Waals surface area contributed by atoms with E-state index < -0.39 is 5.92 Å². The predicted octanol–water partition coefficient (Wildman–Crippen LogP) is 3.66. The van der Waals surface area contributed by atoms with E-state index in [1.54, 1.807) is 5.38 Å². The number of nitriles is 1. The molecule has 98 valence electrons. The second-order valence-electron chi connectivity index (χ2n) is 4.31. The zero-order valence-electron chi connectivity index (χ0n) is 10.3. The number of hydrogen-bond donors (Lipinski definition) is 1. The molecule has 0 unspecified atom stereocenters. The molecule has 0 aliphatic heterocycles. The summed E-state index contributed by atoms with van der Waals surface area (Å²) in [6, 6.07) is 11.6. The highest BCUT2D eigenvalue weighted by molar-refractivity contribution is 7.08. The van der Waals surface area contributed by atoms with Crippen molar-refractivity contribution in [3.05, 3.63) is 58.0 Å². The van der Waals surface area contributed by atoms with Gasteiger partial charge in [-0.05, 0) is 17.4 Å². The highest BCUT2D eigenvalue weighted by atomic mass is 32.1. The molecule has 2 nitrogen and oxygen atoms in total. The summed E-state index contributed by atoms with van der Waals surface area (Å²) >= 11 is 1.28. The Balaban J connectivity index is 2.38. The topological polar surface area (TPSA) is 44.0 Å². The Morgan fingerprint density at radius 2 is 2.00 bits per heavy atom. The van der Waals surface area contributed by atoms with Crippen LogP contribution in [0.4, 0.5) is 4.39 Å². The van der Waals surface area contributed by atoms with Crippen LogP contribution in [0.25, 0.3) is 0 Å². The van der Waals surface area contributed by atoms with Gasteiger partial charge in [0, 0.05) is 23.5 Å². The maximum atomic E-state index is 13.8. The molecule has 0 amide bonds. The Kier molecular flexibility index (Phi) is 4.67. The fraction of sp³-hybridized carbons (Fsp3) is 0.267. The van der Waals surface area contributed by atoms with Gasteiger partial charge in [-0.3, -0.25) is 0 Å². The Hall–Kier alpha value is -1.70. The second kappa shape index (κ2) is 6.46. The van der Waals surface area contributed by atoms with Gasteiger partial charge in [-0.15, -0.1) is 11.3 Å². The molecule has 0 saturated carbocycles. The molecule has 0 radical (unpaired) electrons. The molecule has 19 heavy (non-hydrogen) atoms. The molecule has 2 rings (SSSR count). The standard InChI is InChI=1S/C15H14FNOS/c16-15-10-19-9-14(15)12(6-7-18)13(8-17)11-4-2-1-3-5-11/h1-5,9-10,12-13,18H,6-7H2/t12-,13+/m0/s1. The summed E-state index contributed by atoms with van der Waals surface area (Å²) in [6.07, 6.45) is 0.376. The van der Waals surface area contributed by atoms with Crippen LogP contribution in [0.15, 0.2) is 41.1 Å². The van der Waals surface area contributed by atoms with Gasteiger partial charge in [0.1, 0.15) is 5.82 Å². The van der Waals surface area contributed by atoms with Gasteiger partial charge in [-0.2, -0.15) is 5.26 Å². The normalized spacial score (nSPS) is 13.7. The minimum Gasteiger partial charge on any atom is -0.396 e. The molecule has 2 aromatic rings. The summed E-state index contributed by atoms with van der Waals surface area (Å²) in [6.45, 7) is -0.0645. The molecule has 0 fully saturated rings. The molecule has 4 heteroatoms. The third kappa shape index (κ3) is 3.01. The fourth-order valence-electron chi connectivity index (χ4n) is 2.25. The smallest absolute Gasteiger partial charge is 0.137 e. The lowest BCUT2D eigenvalue weighted by Crippen LogP contribution is -2.12. The zero-order chi connectivity index (χ0) is 13.7. The quantitative estimate of drug-likeness (QED) is 0.905. The fourth-order valence-corrected chi connectivity index (χ4v) is 3.01. The van der Waals surface area contributed by atoms with E-state index in [1.165, 1.54) is 16.7 Å². The third-order valence-electron chi connectivity index (χ3n) is 3.18. The van der Waals surface area contributed by atoms with Gasteiger partial charge >= 0.3 is 0 Å². The van der Waals surface area contributed by atoms with Crippen molar-refractivity contribution in [3.63, 3.8) is 0 Å². The van der Waals surface area contributed by atoms with Crippen LogP contribution in [0, 0.1) is 17.1 Å². The number of benzene rings is 1. The number of nitrogens with zero attached hydrogens (tertiary/aromatic N) is 1. The monoisotopic (exact) mass is 275 g/mol. The van der Waals surface area contributed by atoms with Gasteiger partial charge in [-0.25, -0.2) is 4.39 Å². The Labute approximate surface area is 115 Å². The molecule has 1 aromatic carbocycles. The van der Waals surface area contributed by atoms with Crippen LogP contribution in [-0.4, -0.2) is 11.7 Å². The van der Waals surface area contributed by atoms with E-state index >= 15 is 0 Å². The van der Waals surface area contributed by atoms with Crippen LogP contribution in [0.1, 0.15) is 29.4 Å². The maximum Gasteiger partial charge on any atom is 0.137 e. The van der Waals surface area contributed by atoms with E-state index in [0.29, 0.717) is 12.0 Å². The summed E-state index contributed by atoms with van der Waals surface area (Å²) in [4.78, 5) is 0. The largest absolute Gasteiger partial charge is 0.396 e. The summed E-state index contributed by atoms with van der Waals surface area (Å²) in [5.41, 5.74) is 1.38. The lowest BCUT2D eigenvalue weighted by Gasteiger charge is -2.21. The predicted molar refractivity (Wildman–Crippen MR) is 73.5 cm³/mol. The van der Waals surface area contributed by atoms with Gasteiger partial charge < -0.3 is 5.11 Å². The Bertz CT molecular complexity index is 561. The first-order chi connectivity index (χ1) is 9.27. The van der Waals surface area contributed by atoms with E-state index in [0.717, 1.165) is 5.56 Å². The molecular formula is C15H14FNOS. The van der Waals surface area contributed by atoms with Gasteiger partial charge in [0.25, 0.3) is 0 Å². The molecular weight excluding hydrogens is 261 g/mol. The number of hydrogen-bond acceptors (Lipinski definition) is 3. The van der Waals surface area contributed by atoms with Crippen molar-refractivity contribution in [1.29, 1.82) is 5.26 Å². The van der Waals surface area contributed by atoms with Crippen molar-refractivity contribution in [2.45, 2.75) is 18.3 Å². The van der Waals surface area contributed by atoms with Gasteiger partial charge in [0.2, 0.25) is 0 Å². The molecule has 1 heterocycles. The first-order valence-corrected chi connectivity index (χ1v) is 6.99. The average molecular weight is 275 g/mol. The number of rotatable bonds is 5. The van der Waals surface area contributed by atoms with E-state index in [9.17, 15) is 14.8 Å². The molecule has 0 spiro atoms. The van der Waals surface area contributed by atoms with Crippen molar-refractivity contribution < 1.29 is 9.50 Å². The SMILES string of the molecule is N#C[C@H](c1ccccc1)[C@H](CCO)c1cscc1F. The average Bonchev–Trinajstić information content (AvgIpc) is 2.86. The van der Waals surface area contributed by atoms with Crippen LogP contribution >= 0.6 is 11.3 Å². The van der Waals surface area contributed by atoms with E-state index in [-0.39, 0.29) is 18.3 Å². The number of aliphatic hydroxyl groups is 1. The molecule has 2 atom stereocenters. The van der Waals surface area contributed by atoms with Gasteiger partial charge in [-0.1, -0.05) is 30.3 Å². The zero-order valence-corrected chi connectivity index (χ0v) is 11.1. The number of thiophene rings is 1. The number of halogens is 1. The first kappa shape index (κ1) is 13.7. The highest BCUT2D eigenvalue weighted by Gasteiger charge is 2.27. The summed E-state index contributed by atoms with van der Waals surface area (Å²) in [7, 11) is 0.